The molecule has 0 amide bonds. The Hall–Kier alpha value is -2.22. The minimum Gasteiger partial charge on any atom is -0.487 e. The fourth-order valence-corrected chi connectivity index (χ4v) is 1.41. The van der Waals surface area contributed by atoms with Crippen molar-refractivity contribution in [2.45, 2.75) is 20.3 Å². The van der Waals surface area contributed by atoms with Crippen LogP contribution in [0.1, 0.15) is 20.3 Å². The monoisotopic (exact) mass is 248 g/mol. The minimum atomic E-state index is -0.438. The first kappa shape index (κ1) is 13.8. The summed E-state index contributed by atoms with van der Waals surface area (Å²) in [7, 11) is 0. The first-order valence-electron chi connectivity index (χ1n) is 5.74. The van der Waals surface area contributed by atoms with Gasteiger partial charge < -0.3 is 10.1 Å². The molecule has 5 heteroatoms. The third kappa shape index (κ3) is 3.67. The van der Waals surface area contributed by atoms with Crippen LogP contribution in [-0.4, -0.2) is 18.1 Å². The van der Waals surface area contributed by atoms with E-state index >= 15 is 0 Å². The molecular formula is C13H16N2O3. The van der Waals surface area contributed by atoms with Crippen LogP contribution in [0.3, 0.4) is 0 Å². The molecule has 1 N–H and O–H groups in total. The molecular weight excluding hydrogens is 232 g/mol. The Kier molecular flexibility index (Phi) is 5.52. The summed E-state index contributed by atoms with van der Waals surface area (Å²) < 4.78 is 5.38. The van der Waals surface area contributed by atoms with Crippen molar-refractivity contribution in [1.29, 1.82) is 0 Å². The predicted molar refractivity (Wildman–Crippen MR) is 70.8 cm³/mol. The number of para-hydroxylation sites is 1. The SMILES string of the molecule is CC#CCNc1cccc(OCCC)c1[N+](=O)[O-]. The molecule has 0 aromatic heterocycles. The van der Waals surface area contributed by atoms with E-state index in [4.69, 9.17) is 4.74 Å². The fraction of sp³-hybridized carbons (Fsp3) is 0.385. The summed E-state index contributed by atoms with van der Waals surface area (Å²) in [6, 6.07) is 4.97. The maximum Gasteiger partial charge on any atom is 0.333 e. The van der Waals surface area contributed by atoms with Gasteiger partial charge in [0.05, 0.1) is 18.1 Å². The van der Waals surface area contributed by atoms with E-state index in [2.05, 4.69) is 17.2 Å². The van der Waals surface area contributed by atoms with Crippen molar-refractivity contribution in [3.63, 3.8) is 0 Å². The number of hydrogen-bond donors (Lipinski definition) is 1. The molecule has 1 aromatic carbocycles. The highest BCUT2D eigenvalue weighted by molar-refractivity contribution is 5.68. The van der Waals surface area contributed by atoms with E-state index in [-0.39, 0.29) is 11.4 Å². The van der Waals surface area contributed by atoms with Crippen molar-refractivity contribution in [1.82, 2.24) is 0 Å². The van der Waals surface area contributed by atoms with Gasteiger partial charge in [-0.2, -0.15) is 0 Å². The van der Waals surface area contributed by atoms with Gasteiger partial charge in [-0.3, -0.25) is 10.1 Å². The number of nitrogens with one attached hydrogen (secondary N) is 1. The normalized spacial score (nSPS) is 9.22. The van der Waals surface area contributed by atoms with Crippen molar-refractivity contribution >= 4 is 11.4 Å². The molecule has 1 rings (SSSR count). The van der Waals surface area contributed by atoms with Gasteiger partial charge in [-0.1, -0.05) is 18.9 Å². The third-order valence-corrected chi connectivity index (χ3v) is 2.19. The van der Waals surface area contributed by atoms with Crippen LogP contribution in [-0.2, 0) is 0 Å². The minimum absolute atomic E-state index is 0.0381. The summed E-state index contributed by atoms with van der Waals surface area (Å²) in [6.45, 7) is 4.50. The van der Waals surface area contributed by atoms with Gasteiger partial charge in [0.2, 0.25) is 0 Å². The molecule has 0 radical (unpaired) electrons. The Balaban J connectivity index is 2.99. The first-order chi connectivity index (χ1) is 8.70. The topological polar surface area (TPSA) is 64.4 Å². The van der Waals surface area contributed by atoms with Gasteiger partial charge >= 0.3 is 5.69 Å². The molecule has 0 heterocycles. The molecule has 18 heavy (non-hydrogen) atoms. The maximum atomic E-state index is 11.1. The highest BCUT2D eigenvalue weighted by Crippen LogP contribution is 2.34. The summed E-state index contributed by atoms with van der Waals surface area (Å²) in [5.41, 5.74) is 0.389. The van der Waals surface area contributed by atoms with E-state index in [9.17, 15) is 10.1 Å². The van der Waals surface area contributed by atoms with E-state index in [0.29, 0.717) is 18.8 Å². The summed E-state index contributed by atoms with van der Waals surface area (Å²) in [5.74, 6) is 5.81. The molecule has 96 valence electrons. The lowest BCUT2D eigenvalue weighted by Gasteiger charge is -2.09. The second-order valence-corrected chi connectivity index (χ2v) is 3.54. The van der Waals surface area contributed by atoms with Gasteiger partial charge in [0.15, 0.2) is 5.75 Å². The largest absolute Gasteiger partial charge is 0.487 e. The van der Waals surface area contributed by atoms with Crippen molar-refractivity contribution in [3.05, 3.63) is 28.3 Å². The van der Waals surface area contributed by atoms with Crippen LogP contribution in [0.15, 0.2) is 18.2 Å². The number of hydrogen-bond acceptors (Lipinski definition) is 4. The van der Waals surface area contributed by atoms with E-state index in [0.717, 1.165) is 6.42 Å². The average Bonchev–Trinajstić information content (AvgIpc) is 2.36. The van der Waals surface area contributed by atoms with Gasteiger partial charge in [0.25, 0.3) is 0 Å². The second kappa shape index (κ2) is 7.17. The average molecular weight is 248 g/mol. The summed E-state index contributed by atoms with van der Waals surface area (Å²) >= 11 is 0. The Labute approximate surface area is 106 Å². The van der Waals surface area contributed by atoms with Gasteiger partial charge in [0.1, 0.15) is 5.69 Å². The Morgan fingerprint density at radius 1 is 1.50 bits per heavy atom. The second-order valence-electron chi connectivity index (χ2n) is 3.54. The lowest BCUT2D eigenvalue weighted by atomic mass is 10.2. The highest BCUT2D eigenvalue weighted by Gasteiger charge is 2.20. The third-order valence-electron chi connectivity index (χ3n) is 2.19. The van der Waals surface area contributed by atoms with Gasteiger partial charge in [-0.05, 0) is 25.5 Å². The molecule has 0 saturated heterocycles. The Bertz CT molecular complexity index is 475. The number of anilines is 1. The molecule has 5 nitrogen and oxygen atoms in total. The molecule has 0 atom stereocenters. The lowest BCUT2D eigenvalue weighted by molar-refractivity contribution is -0.384. The van der Waals surface area contributed by atoms with Crippen molar-refractivity contribution in [2.24, 2.45) is 0 Å². The Morgan fingerprint density at radius 3 is 2.89 bits per heavy atom. The van der Waals surface area contributed by atoms with E-state index in [1.54, 1.807) is 25.1 Å². The molecule has 0 unspecified atom stereocenters. The lowest BCUT2D eigenvalue weighted by Crippen LogP contribution is -2.05. The molecule has 0 spiro atoms. The van der Waals surface area contributed by atoms with Gasteiger partial charge in [-0.25, -0.2) is 0 Å². The maximum absolute atomic E-state index is 11.1. The highest BCUT2D eigenvalue weighted by atomic mass is 16.6. The molecule has 0 fully saturated rings. The quantitative estimate of drug-likeness (QED) is 0.477. The molecule has 1 aromatic rings. The number of nitrogens with zero attached hydrogens (tertiary/aromatic N) is 1. The van der Waals surface area contributed by atoms with Crippen LogP contribution >= 0.6 is 0 Å². The standard InChI is InChI=1S/C13H16N2O3/c1-3-5-9-14-11-7-6-8-12(18-10-4-2)13(11)15(16)17/h6-8,14H,4,9-10H2,1-2H3. The molecule has 0 saturated carbocycles. The summed E-state index contributed by atoms with van der Waals surface area (Å²) in [6.07, 6.45) is 0.802. The van der Waals surface area contributed by atoms with Crippen LogP contribution in [0.2, 0.25) is 0 Å². The van der Waals surface area contributed by atoms with E-state index in [1.165, 1.54) is 0 Å². The molecule has 0 aliphatic heterocycles. The van der Waals surface area contributed by atoms with Crippen molar-refractivity contribution in [2.75, 3.05) is 18.5 Å². The number of rotatable bonds is 6. The number of nitro benzene ring substituents is 1. The summed E-state index contributed by atoms with van der Waals surface area (Å²) in [4.78, 5) is 10.7. The van der Waals surface area contributed by atoms with Crippen LogP contribution < -0.4 is 10.1 Å². The number of nitro groups is 1. The van der Waals surface area contributed by atoms with Gasteiger partial charge in [0, 0.05) is 0 Å². The predicted octanol–water partition coefficient (Wildman–Crippen LogP) is 2.82. The smallest absolute Gasteiger partial charge is 0.333 e. The zero-order chi connectivity index (χ0) is 13.4. The number of ether oxygens (including phenoxy) is 1. The van der Waals surface area contributed by atoms with E-state index in [1.807, 2.05) is 6.92 Å². The molecule has 0 aliphatic rings. The Morgan fingerprint density at radius 2 is 2.28 bits per heavy atom. The fourth-order valence-electron chi connectivity index (χ4n) is 1.41. The summed E-state index contributed by atoms with van der Waals surface area (Å²) in [5, 5.41) is 14.0. The van der Waals surface area contributed by atoms with Crippen molar-refractivity contribution < 1.29 is 9.66 Å². The molecule has 0 aliphatic carbocycles. The number of benzene rings is 1. The molecule has 0 bridgehead atoms. The van der Waals surface area contributed by atoms with Crippen LogP contribution in [0.25, 0.3) is 0 Å². The first-order valence-corrected chi connectivity index (χ1v) is 5.74. The van der Waals surface area contributed by atoms with E-state index < -0.39 is 4.92 Å². The van der Waals surface area contributed by atoms with Gasteiger partial charge in [-0.15, -0.1) is 5.92 Å². The van der Waals surface area contributed by atoms with Crippen LogP contribution in [0.4, 0.5) is 11.4 Å². The van der Waals surface area contributed by atoms with Crippen LogP contribution in [0.5, 0.6) is 5.75 Å². The zero-order valence-electron chi connectivity index (χ0n) is 10.5. The van der Waals surface area contributed by atoms with Crippen molar-refractivity contribution in [3.8, 4) is 17.6 Å². The zero-order valence-corrected chi connectivity index (χ0v) is 10.5. The van der Waals surface area contributed by atoms with Crippen LogP contribution in [0, 0.1) is 22.0 Å².